The minimum atomic E-state index is -0.396. The Morgan fingerprint density at radius 2 is 1.77 bits per heavy atom. The summed E-state index contributed by atoms with van der Waals surface area (Å²) in [5.74, 6) is -0.489. The summed E-state index contributed by atoms with van der Waals surface area (Å²) in [6.07, 6.45) is 7.12. The van der Waals surface area contributed by atoms with Crippen molar-refractivity contribution in [1.29, 1.82) is 0 Å². The lowest BCUT2D eigenvalue weighted by molar-refractivity contribution is -0.135. The second-order valence-electron chi connectivity index (χ2n) is 7.15. The molecule has 2 aromatic rings. The zero-order chi connectivity index (χ0) is 17.9. The third kappa shape index (κ3) is 3.30. The number of para-hydroxylation sites is 1. The molecule has 0 saturated carbocycles. The molecule has 26 heavy (non-hydrogen) atoms. The third-order valence-electron chi connectivity index (χ3n) is 5.41. The predicted molar refractivity (Wildman–Crippen MR) is 99.1 cm³/mol. The molecule has 2 aliphatic rings. The highest BCUT2D eigenvalue weighted by Crippen LogP contribution is 2.29. The Morgan fingerprint density at radius 1 is 1.00 bits per heavy atom. The first-order valence-corrected chi connectivity index (χ1v) is 9.59. The van der Waals surface area contributed by atoms with Gasteiger partial charge in [0.2, 0.25) is 0 Å². The van der Waals surface area contributed by atoms with Gasteiger partial charge < -0.3 is 9.64 Å². The van der Waals surface area contributed by atoms with Crippen LogP contribution in [0.15, 0.2) is 24.3 Å². The number of rotatable bonds is 3. The maximum absolute atomic E-state index is 12.9. The molecule has 0 atom stereocenters. The fourth-order valence-electron chi connectivity index (χ4n) is 4.04. The van der Waals surface area contributed by atoms with Crippen LogP contribution in [-0.2, 0) is 22.4 Å². The average molecular weight is 352 g/mol. The highest BCUT2D eigenvalue weighted by molar-refractivity contribution is 6.05. The average Bonchev–Trinajstić information content (AvgIpc) is 2.70. The molecule has 1 aromatic heterocycles. The Balaban J connectivity index is 1.59. The van der Waals surface area contributed by atoms with Gasteiger partial charge in [-0.1, -0.05) is 18.2 Å². The molecule has 2 heterocycles. The van der Waals surface area contributed by atoms with Crippen LogP contribution in [0.5, 0.6) is 0 Å². The van der Waals surface area contributed by atoms with Crippen molar-refractivity contribution in [3.63, 3.8) is 0 Å². The Bertz CT molecular complexity index is 841. The molecule has 5 heteroatoms. The van der Waals surface area contributed by atoms with Crippen molar-refractivity contribution < 1.29 is 14.3 Å². The lowest BCUT2D eigenvalue weighted by atomic mass is 9.90. The molecule has 5 nitrogen and oxygen atoms in total. The number of hydrogen-bond acceptors (Lipinski definition) is 4. The van der Waals surface area contributed by atoms with Crippen molar-refractivity contribution in [2.75, 3.05) is 19.7 Å². The van der Waals surface area contributed by atoms with Gasteiger partial charge in [0, 0.05) is 24.2 Å². The first-order valence-electron chi connectivity index (χ1n) is 9.59. The summed E-state index contributed by atoms with van der Waals surface area (Å²) in [5, 5.41) is 0.823. The second kappa shape index (κ2) is 7.44. The molecule has 1 fully saturated rings. The standard InChI is InChI=1S/C21H24N2O3/c24-19(23-12-6-1-7-13-23)14-26-21(25)20-15-8-2-4-10-17(15)22-18-11-5-3-9-16(18)20/h2,4,8,10H,1,3,5-7,9,11-14H2. The van der Waals surface area contributed by atoms with Gasteiger partial charge in [-0.3, -0.25) is 9.78 Å². The Morgan fingerprint density at radius 3 is 2.62 bits per heavy atom. The highest BCUT2D eigenvalue weighted by atomic mass is 16.5. The van der Waals surface area contributed by atoms with Gasteiger partial charge in [-0.25, -0.2) is 4.79 Å². The molecule has 4 rings (SSSR count). The fraction of sp³-hybridized carbons (Fsp3) is 0.476. The van der Waals surface area contributed by atoms with E-state index in [1.54, 1.807) is 4.90 Å². The maximum atomic E-state index is 12.9. The number of fused-ring (bicyclic) bond motifs is 2. The van der Waals surface area contributed by atoms with Crippen LogP contribution >= 0.6 is 0 Å². The molecule has 1 amide bonds. The van der Waals surface area contributed by atoms with E-state index in [0.29, 0.717) is 5.56 Å². The minimum Gasteiger partial charge on any atom is -0.452 e. The highest BCUT2D eigenvalue weighted by Gasteiger charge is 2.25. The minimum absolute atomic E-state index is 0.0923. The van der Waals surface area contributed by atoms with E-state index in [-0.39, 0.29) is 12.5 Å². The molecule has 136 valence electrons. The molecule has 0 bridgehead atoms. The Hall–Kier alpha value is -2.43. The number of esters is 1. The number of pyridine rings is 1. The zero-order valence-corrected chi connectivity index (χ0v) is 15.0. The molecule has 1 aliphatic carbocycles. The van der Waals surface area contributed by atoms with E-state index in [9.17, 15) is 9.59 Å². The van der Waals surface area contributed by atoms with Crippen molar-refractivity contribution in [2.45, 2.75) is 44.9 Å². The predicted octanol–water partition coefficient (Wildman–Crippen LogP) is 3.28. The number of hydrogen-bond donors (Lipinski definition) is 0. The number of aromatic nitrogens is 1. The van der Waals surface area contributed by atoms with E-state index in [0.717, 1.165) is 73.8 Å². The summed E-state index contributed by atoms with van der Waals surface area (Å²) < 4.78 is 5.46. The molecular weight excluding hydrogens is 328 g/mol. The number of aryl methyl sites for hydroxylation is 1. The van der Waals surface area contributed by atoms with Gasteiger partial charge in [0.25, 0.3) is 5.91 Å². The quantitative estimate of drug-likeness (QED) is 0.796. The number of carbonyl (C=O) groups is 2. The van der Waals surface area contributed by atoms with Crippen molar-refractivity contribution in [3.05, 3.63) is 41.1 Å². The summed E-state index contributed by atoms with van der Waals surface area (Å²) in [7, 11) is 0. The lowest BCUT2D eigenvalue weighted by Gasteiger charge is -2.26. The number of carbonyl (C=O) groups excluding carboxylic acids is 2. The van der Waals surface area contributed by atoms with Crippen LogP contribution in [0.2, 0.25) is 0 Å². The zero-order valence-electron chi connectivity index (χ0n) is 15.0. The van der Waals surface area contributed by atoms with E-state index in [2.05, 4.69) is 0 Å². The van der Waals surface area contributed by atoms with Gasteiger partial charge in [0.15, 0.2) is 6.61 Å². The van der Waals surface area contributed by atoms with Gasteiger partial charge in [0.1, 0.15) is 0 Å². The van der Waals surface area contributed by atoms with Gasteiger partial charge in [-0.2, -0.15) is 0 Å². The Labute approximate surface area is 153 Å². The summed E-state index contributed by atoms with van der Waals surface area (Å²) in [5.41, 5.74) is 3.44. The number of benzene rings is 1. The van der Waals surface area contributed by atoms with Crippen molar-refractivity contribution in [1.82, 2.24) is 9.88 Å². The summed E-state index contributed by atoms with van der Waals surface area (Å²) >= 11 is 0. The number of amides is 1. The largest absolute Gasteiger partial charge is 0.452 e. The van der Waals surface area contributed by atoms with Crippen LogP contribution in [0.4, 0.5) is 0 Å². The molecule has 0 unspecified atom stereocenters. The normalized spacial score (nSPS) is 17.0. The molecule has 0 radical (unpaired) electrons. The topological polar surface area (TPSA) is 59.5 Å². The van der Waals surface area contributed by atoms with Gasteiger partial charge >= 0.3 is 5.97 Å². The van der Waals surface area contributed by atoms with Gasteiger partial charge in [-0.15, -0.1) is 0 Å². The van der Waals surface area contributed by atoms with E-state index in [1.165, 1.54) is 6.42 Å². The van der Waals surface area contributed by atoms with E-state index >= 15 is 0 Å². The van der Waals surface area contributed by atoms with Crippen molar-refractivity contribution in [3.8, 4) is 0 Å². The third-order valence-corrected chi connectivity index (χ3v) is 5.41. The van der Waals surface area contributed by atoms with Gasteiger partial charge in [0.05, 0.1) is 11.1 Å². The van der Waals surface area contributed by atoms with Crippen LogP contribution in [0, 0.1) is 0 Å². The number of likely N-dealkylation sites (tertiary alicyclic amines) is 1. The van der Waals surface area contributed by atoms with Crippen LogP contribution in [0.3, 0.4) is 0 Å². The summed E-state index contributed by atoms with van der Waals surface area (Å²) in [6.45, 7) is 1.36. The van der Waals surface area contributed by atoms with E-state index < -0.39 is 5.97 Å². The van der Waals surface area contributed by atoms with E-state index in [1.807, 2.05) is 24.3 Å². The lowest BCUT2D eigenvalue weighted by Crippen LogP contribution is -2.38. The molecule has 0 spiro atoms. The van der Waals surface area contributed by atoms with Crippen LogP contribution in [-0.4, -0.2) is 41.5 Å². The van der Waals surface area contributed by atoms with Crippen molar-refractivity contribution >= 4 is 22.8 Å². The number of ether oxygens (including phenoxy) is 1. The molecule has 1 aliphatic heterocycles. The molecule has 1 aromatic carbocycles. The maximum Gasteiger partial charge on any atom is 0.339 e. The monoisotopic (exact) mass is 352 g/mol. The smallest absolute Gasteiger partial charge is 0.339 e. The number of nitrogens with zero attached hydrogens (tertiary/aromatic N) is 2. The molecule has 0 N–H and O–H groups in total. The van der Waals surface area contributed by atoms with Crippen molar-refractivity contribution in [2.24, 2.45) is 0 Å². The number of piperidine rings is 1. The Kier molecular flexibility index (Phi) is 4.87. The molecule has 1 saturated heterocycles. The van der Waals surface area contributed by atoms with Crippen LogP contribution in [0.25, 0.3) is 10.9 Å². The van der Waals surface area contributed by atoms with Crippen LogP contribution < -0.4 is 0 Å². The molecular formula is C21H24N2O3. The SMILES string of the molecule is O=C(OCC(=O)N1CCCCC1)c1c2c(nc3ccccc13)CCCC2. The van der Waals surface area contributed by atoms with E-state index in [4.69, 9.17) is 9.72 Å². The first kappa shape index (κ1) is 17.0. The first-order chi connectivity index (χ1) is 12.7. The summed E-state index contributed by atoms with van der Waals surface area (Å²) in [4.78, 5) is 31.8. The summed E-state index contributed by atoms with van der Waals surface area (Å²) in [6, 6.07) is 7.69. The second-order valence-corrected chi connectivity index (χ2v) is 7.15. The fourth-order valence-corrected chi connectivity index (χ4v) is 4.04. The van der Waals surface area contributed by atoms with Gasteiger partial charge in [-0.05, 0) is 56.6 Å². The van der Waals surface area contributed by atoms with Crippen LogP contribution in [0.1, 0.15) is 53.7 Å².